The number of halogens is 3. The normalized spacial score (nSPS) is 14.1. The first-order chi connectivity index (χ1) is 14.8. The number of aryl methyl sites for hydroxylation is 1. The van der Waals surface area contributed by atoms with Gasteiger partial charge in [0.25, 0.3) is 11.8 Å². The van der Waals surface area contributed by atoms with Crippen molar-refractivity contribution in [3.8, 4) is 10.6 Å². The maximum atomic E-state index is 14.0. The zero-order valence-electron chi connectivity index (χ0n) is 16.6. The smallest absolute Gasteiger partial charge is 0.265 e. The number of hydrogen-bond acceptors (Lipinski definition) is 4. The third-order valence-corrected chi connectivity index (χ3v) is 6.78. The van der Waals surface area contributed by atoms with E-state index in [2.05, 4.69) is 4.98 Å². The third kappa shape index (κ3) is 4.59. The summed E-state index contributed by atoms with van der Waals surface area (Å²) in [6.07, 6.45) is 0. The van der Waals surface area contributed by atoms with E-state index in [1.54, 1.807) is 17.0 Å². The van der Waals surface area contributed by atoms with Gasteiger partial charge in [0.05, 0.1) is 11.3 Å². The van der Waals surface area contributed by atoms with E-state index in [9.17, 15) is 14.0 Å². The standard InChI is InChI=1S/C22H18Cl2FN3O2S/c1-13-19(31-20(26-13)14-2-4-15(23)5-3-14)22(30)28-10-8-27(9-11-28)21(29)17-12-16(24)6-7-18(17)25/h2-7,12H,8-11H2,1H3. The zero-order chi connectivity index (χ0) is 22.1. The molecule has 9 heteroatoms. The van der Waals surface area contributed by atoms with Crippen LogP contribution in [0.3, 0.4) is 0 Å². The Bertz CT molecular complexity index is 1140. The quantitative estimate of drug-likeness (QED) is 0.523. The fourth-order valence-corrected chi connectivity index (χ4v) is 4.74. The van der Waals surface area contributed by atoms with Gasteiger partial charge in [-0.15, -0.1) is 11.3 Å². The molecule has 0 saturated carbocycles. The predicted molar refractivity (Wildman–Crippen MR) is 121 cm³/mol. The number of benzene rings is 2. The molecule has 0 atom stereocenters. The first-order valence-corrected chi connectivity index (χ1v) is 11.2. The highest BCUT2D eigenvalue weighted by Gasteiger charge is 2.29. The zero-order valence-corrected chi connectivity index (χ0v) is 18.9. The molecule has 0 aliphatic carbocycles. The Balaban J connectivity index is 1.44. The molecule has 0 radical (unpaired) electrons. The second kappa shape index (κ2) is 8.94. The summed E-state index contributed by atoms with van der Waals surface area (Å²) in [7, 11) is 0. The van der Waals surface area contributed by atoms with Crippen molar-refractivity contribution in [3.05, 3.63) is 74.5 Å². The number of amides is 2. The summed E-state index contributed by atoms with van der Waals surface area (Å²) in [6.45, 7) is 3.17. The summed E-state index contributed by atoms with van der Waals surface area (Å²) in [6, 6.07) is 11.2. The number of hydrogen-bond donors (Lipinski definition) is 0. The Labute approximate surface area is 193 Å². The highest BCUT2D eigenvalue weighted by Crippen LogP contribution is 2.30. The van der Waals surface area contributed by atoms with Gasteiger partial charge >= 0.3 is 0 Å². The number of carbonyl (C=O) groups is 2. The first kappa shape index (κ1) is 21.7. The minimum absolute atomic E-state index is 0.0572. The second-order valence-corrected chi connectivity index (χ2v) is 9.02. The number of carbonyl (C=O) groups excluding carboxylic acids is 2. The number of aromatic nitrogens is 1. The van der Waals surface area contributed by atoms with Crippen LogP contribution in [0, 0.1) is 12.7 Å². The summed E-state index contributed by atoms with van der Waals surface area (Å²) in [4.78, 5) is 34.1. The molecule has 1 saturated heterocycles. The van der Waals surface area contributed by atoms with Crippen molar-refractivity contribution in [3.63, 3.8) is 0 Å². The maximum absolute atomic E-state index is 14.0. The molecule has 1 fully saturated rings. The molecule has 5 nitrogen and oxygen atoms in total. The lowest BCUT2D eigenvalue weighted by Gasteiger charge is -2.34. The van der Waals surface area contributed by atoms with Crippen LogP contribution in [0.15, 0.2) is 42.5 Å². The summed E-state index contributed by atoms with van der Waals surface area (Å²) in [5, 5.41) is 1.69. The molecular weight excluding hydrogens is 460 g/mol. The first-order valence-electron chi connectivity index (χ1n) is 9.60. The van der Waals surface area contributed by atoms with Crippen LogP contribution in [-0.2, 0) is 0 Å². The van der Waals surface area contributed by atoms with Crippen molar-refractivity contribution >= 4 is 46.4 Å². The van der Waals surface area contributed by atoms with Crippen LogP contribution in [0.1, 0.15) is 25.7 Å². The molecule has 1 aliphatic rings. The van der Waals surface area contributed by atoms with Crippen LogP contribution in [0.25, 0.3) is 10.6 Å². The van der Waals surface area contributed by atoms with Gasteiger partial charge in [0, 0.05) is 41.8 Å². The highest BCUT2D eigenvalue weighted by molar-refractivity contribution is 7.17. The molecular formula is C22H18Cl2FN3O2S. The van der Waals surface area contributed by atoms with Crippen LogP contribution in [0.4, 0.5) is 4.39 Å². The van der Waals surface area contributed by atoms with E-state index >= 15 is 0 Å². The minimum atomic E-state index is -0.608. The van der Waals surface area contributed by atoms with Crippen molar-refractivity contribution in [2.45, 2.75) is 6.92 Å². The van der Waals surface area contributed by atoms with Crippen molar-refractivity contribution in [2.75, 3.05) is 26.2 Å². The molecule has 0 N–H and O–H groups in total. The SMILES string of the molecule is Cc1nc(-c2ccc(Cl)cc2)sc1C(=O)N1CCN(C(=O)c2cc(Cl)ccc2F)CC1. The van der Waals surface area contributed by atoms with Crippen molar-refractivity contribution in [2.24, 2.45) is 0 Å². The molecule has 0 bridgehead atoms. The predicted octanol–water partition coefficient (Wildman–Crippen LogP) is 5.16. The van der Waals surface area contributed by atoms with E-state index in [4.69, 9.17) is 23.2 Å². The molecule has 1 aliphatic heterocycles. The Morgan fingerprint density at radius 2 is 1.52 bits per heavy atom. The molecule has 3 aromatic rings. The average molecular weight is 478 g/mol. The largest absolute Gasteiger partial charge is 0.335 e. The van der Waals surface area contributed by atoms with Gasteiger partial charge < -0.3 is 9.80 Å². The van der Waals surface area contributed by atoms with E-state index < -0.39 is 11.7 Å². The van der Waals surface area contributed by atoms with Gasteiger partial charge in [-0.2, -0.15) is 0 Å². The lowest BCUT2D eigenvalue weighted by atomic mass is 10.1. The van der Waals surface area contributed by atoms with Crippen molar-refractivity contribution in [1.82, 2.24) is 14.8 Å². The maximum Gasteiger partial charge on any atom is 0.265 e. The molecule has 2 aromatic carbocycles. The molecule has 4 rings (SSSR count). The van der Waals surface area contributed by atoms with Crippen LogP contribution < -0.4 is 0 Å². The average Bonchev–Trinajstić information content (AvgIpc) is 3.16. The molecule has 31 heavy (non-hydrogen) atoms. The number of nitrogens with zero attached hydrogens (tertiary/aromatic N) is 3. The van der Waals surface area contributed by atoms with Gasteiger partial charge in [0.15, 0.2) is 0 Å². The summed E-state index contributed by atoms with van der Waals surface area (Å²) in [5.41, 5.74) is 1.51. The molecule has 0 spiro atoms. The second-order valence-electron chi connectivity index (χ2n) is 7.15. The van der Waals surface area contributed by atoms with Gasteiger partial charge in [0.2, 0.25) is 0 Å². The van der Waals surface area contributed by atoms with Gasteiger partial charge in [-0.25, -0.2) is 9.37 Å². The minimum Gasteiger partial charge on any atom is -0.335 e. The lowest BCUT2D eigenvalue weighted by Crippen LogP contribution is -2.50. The van der Waals surface area contributed by atoms with Crippen LogP contribution in [0.2, 0.25) is 10.0 Å². The Morgan fingerprint density at radius 3 is 2.16 bits per heavy atom. The summed E-state index contributed by atoms with van der Waals surface area (Å²) < 4.78 is 14.0. The van der Waals surface area contributed by atoms with E-state index in [0.717, 1.165) is 10.6 Å². The fraction of sp³-hybridized carbons (Fsp3) is 0.227. The molecule has 1 aromatic heterocycles. The fourth-order valence-electron chi connectivity index (χ4n) is 3.40. The molecule has 2 amide bonds. The monoisotopic (exact) mass is 477 g/mol. The highest BCUT2D eigenvalue weighted by atomic mass is 35.5. The van der Waals surface area contributed by atoms with Crippen LogP contribution in [0.5, 0.6) is 0 Å². The number of thiazole rings is 1. The van der Waals surface area contributed by atoms with Crippen LogP contribution in [-0.4, -0.2) is 52.8 Å². The molecule has 0 unspecified atom stereocenters. The van der Waals surface area contributed by atoms with E-state index in [1.165, 1.54) is 34.4 Å². The number of piperazine rings is 1. The Kier molecular flexibility index (Phi) is 6.27. The van der Waals surface area contributed by atoms with Gasteiger partial charge in [-0.3, -0.25) is 9.59 Å². The molecule has 2 heterocycles. The van der Waals surface area contributed by atoms with Gasteiger partial charge in [-0.1, -0.05) is 35.3 Å². The van der Waals surface area contributed by atoms with E-state index in [0.29, 0.717) is 46.8 Å². The summed E-state index contributed by atoms with van der Waals surface area (Å²) >= 11 is 13.2. The van der Waals surface area contributed by atoms with E-state index in [1.807, 2.05) is 19.1 Å². The Hall–Kier alpha value is -2.48. The Morgan fingerprint density at radius 1 is 0.935 bits per heavy atom. The summed E-state index contributed by atoms with van der Waals surface area (Å²) in [5.74, 6) is -1.15. The third-order valence-electron chi connectivity index (χ3n) is 5.09. The van der Waals surface area contributed by atoms with Gasteiger partial charge in [-0.05, 0) is 37.3 Å². The number of rotatable bonds is 3. The van der Waals surface area contributed by atoms with E-state index in [-0.39, 0.29) is 11.5 Å². The molecule has 160 valence electrons. The topological polar surface area (TPSA) is 53.5 Å². The van der Waals surface area contributed by atoms with Crippen molar-refractivity contribution < 1.29 is 14.0 Å². The van der Waals surface area contributed by atoms with Crippen molar-refractivity contribution in [1.29, 1.82) is 0 Å². The van der Waals surface area contributed by atoms with Crippen LogP contribution >= 0.6 is 34.5 Å². The lowest BCUT2D eigenvalue weighted by molar-refractivity contribution is 0.0535. The van der Waals surface area contributed by atoms with Gasteiger partial charge in [0.1, 0.15) is 15.7 Å².